The fraction of sp³-hybridized carbons (Fsp3) is 0.929. The van der Waals surface area contributed by atoms with Gasteiger partial charge in [0.05, 0.1) is 6.10 Å². The summed E-state index contributed by atoms with van der Waals surface area (Å²) in [6, 6.07) is 0.538. The Bertz CT molecular complexity index is 277. The Hall–Kier alpha value is -0.610. The largest absolute Gasteiger partial charge is 0.393 e. The lowest BCUT2D eigenvalue weighted by molar-refractivity contribution is -0.134. The molecular formula is C14H26N2O2. The van der Waals surface area contributed by atoms with Crippen LogP contribution in [0.15, 0.2) is 0 Å². The Balaban J connectivity index is 1.70. The Morgan fingerprint density at radius 3 is 2.89 bits per heavy atom. The van der Waals surface area contributed by atoms with Gasteiger partial charge in [0.2, 0.25) is 5.91 Å². The molecule has 2 heterocycles. The van der Waals surface area contributed by atoms with E-state index in [-0.39, 0.29) is 17.9 Å². The van der Waals surface area contributed by atoms with Gasteiger partial charge in [-0.05, 0) is 38.1 Å². The van der Waals surface area contributed by atoms with Crippen LogP contribution in [0.4, 0.5) is 0 Å². The van der Waals surface area contributed by atoms with Gasteiger partial charge in [0.25, 0.3) is 0 Å². The quantitative estimate of drug-likeness (QED) is 0.794. The molecular weight excluding hydrogens is 228 g/mol. The number of rotatable bonds is 3. The molecule has 2 N–H and O–H groups in total. The molecule has 2 rings (SSSR count). The fourth-order valence-electron chi connectivity index (χ4n) is 2.99. The zero-order valence-electron chi connectivity index (χ0n) is 11.4. The van der Waals surface area contributed by atoms with E-state index < -0.39 is 0 Å². The normalized spacial score (nSPS) is 33.4. The Morgan fingerprint density at radius 2 is 2.22 bits per heavy atom. The molecule has 2 saturated heterocycles. The minimum atomic E-state index is -0.228. The van der Waals surface area contributed by atoms with Gasteiger partial charge in [-0.1, -0.05) is 13.3 Å². The van der Waals surface area contributed by atoms with E-state index in [2.05, 4.69) is 5.32 Å². The first-order valence-electron chi connectivity index (χ1n) is 7.36. The van der Waals surface area contributed by atoms with Crippen molar-refractivity contribution in [3.8, 4) is 0 Å². The summed E-state index contributed by atoms with van der Waals surface area (Å²) in [5, 5.41) is 13.1. The van der Waals surface area contributed by atoms with Gasteiger partial charge in [0, 0.05) is 25.6 Å². The summed E-state index contributed by atoms with van der Waals surface area (Å²) in [4.78, 5) is 14.0. The molecule has 0 aromatic rings. The molecule has 3 unspecified atom stereocenters. The molecule has 0 radical (unpaired) electrons. The third-order valence-corrected chi connectivity index (χ3v) is 4.33. The van der Waals surface area contributed by atoms with Crippen molar-refractivity contribution in [2.24, 2.45) is 5.92 Å². The summed E-state index contributed by atoms with van der Waals surface area (Å²) in [5.74, 6) is 0.483. The van der Waals surface area contributed by atoms with E-state index in [1.54, 1.807) is 0 Å². The standard InChI is InChI=1S/C14H26N2O2/c1-11-10-16(9-7-13(11)17)14(18)6-5-12-4-2-3-8-15-12/h11-13,15,17H,2-10H2,1H3. The number of aliphatic hydroxyl groups excluding tert-OH is 1. The molecule has 3 atom stereocenters. The molecule has 2 aliphatic rings. The van der Waals surface area contributed by atoms with Crippen LogP contribution in [0.5, 0.6) is 0 Å². The number of likely N-dealkylation sites (tertiary alicyclic amines) is 1. The molecule has 0 aliphatic carbocycles. The van der Waals surface area contributed by atoms with Crippen LogP contribution in [0.25, 0.3) is 0 Å². The van der Waals surface area contributed by atoms with Crippen LogP contribution in [0.3, 0.4) is 0 Å². The van der Waals surface area contributed by atoms with Crippen molar-refractivity contribution in [2.45, 2.75) is 57.6 Å². The zero-order chi connectivity index (χ0) is 13.0. The number of hydrogen-bond acceptors (Lipinski definition) is 3. The van der Waals surface area contributed by atoms with Gasteiger partial charge in [-0.25, -0.2) is 0 Å². The third kappa shape index (κ3) is 3.69. The lowest BCUT2D eigenvalue weighted by Crippen LogP contribution is -2.45. The van der Waals surface area contributed by atoms with Crippen LogP contribution in [0, 0.1) is 5.92 Å². The second-order valence-corrected chi connectivity index (χ2v) is 5.86. The third-order valence-electron chi connectivity index (χ3n) is 4.33. The van der Waals surface area contributed by atoms with Gasteiger partial charge < -0.3 is 15.3 Å². The van der Waals surface area contributed by atoms with E-state index >= 15 is 0 Å². The molecule has 0 aromatic heterocycles. The summed E-state index contributed by atoms with van der Waals surface area (Å²) in [7, 11) is 0. The Labute approximate surface area is 110 Å². The van der Waals surface area contributed by atoms with E-state index in [0.29, 0.717) is 12.5 Å². The predicted molar refractivity (Wildman–Crippen MR) is 71.2 cm³/mol. The van der Waals surface area contributed by atoms with E-state index in [9.17, 15) is 9.90 Å². The van der Waals surface area contributed by atoms with Crippen molar-refractivity contribution in [1.29, 1.82) is 0 Å². The minimum absolute atomic E-state index is 0.218. The molecule has 0 saturated carbocycles. The molecule has 0 bridgehead atoms. The van der Waals surface area contributed by atoms with Crippen LogP contribution in [-0.2, 0) is 4.79 Å². The van der Waals surface area contributed by atoms with Crippen molar-refractivity contribution < 1.29 is 9.90 Å². The average molecular weight is 254 g/mol. The number of aliphatic hydroxyl groups is 1. The molecule has 0 aromatic carbocycles. The number of piperidine rings is 2. The molecule has 4 nitrogen and oxygen atoms in total. The molecule has 2 aliphatic heterocycles. The number of amides is 1. The van der Waals surface area contributed by atoms with Gasteiger partial charge in [-0.3, -0.25) is 4.79 Å². The van der Waals surface area contributed by atoms with E-state index in [0.717, 1.165) is 32.5 Å². The van der Waals surface area contributed by atoms with E-state index in [1.165, 1.54) is 19.3 Å². The summed E-state index contributed by atoms with van der Waals surface area (Å²) in [6.45, 7) is 4.57. The van der Waals surface area contributed by atoms with Crippen LogP contribution in [-0.4, -0.2) is 47.7 Å². The molecule has 4 heteroatoms. The molecule has 104 valence electrons. The average Bonchev–Trinajstić information content (AvgIpc) is 2.40. The second-order valence-electron chi connectivity index (χ2n) is 5.86. The van der Waals surface area contributed by atoms with Crippen molar-refractivity contribution in [3.05, 3.63) is 0 Å². The summed E-state index contributed by atoms with van der Waals surface area (Å²) >= 11 is 0. The topological polar surface area (TPSA) is 52.6 Å². The predicted octanol–water partition coefficient (Wildman–Crippen LogP) is 1.14. The van der Waals surface area contributed by atoms with Crippen molar-refractivity contribution in [1.82, 2.24) is 10.2 Å². The second kappa shape index (κ2) is 6.53. The van der Waals surface area contributed by atoms with Gasteiger partial charge in [-0.15, -0.1) is 0 Å². The first-order chi connectivity index (χ1) is 8.66. The fourth-order valence-corrected chi connectivity index (χ4v) is 2.99. The number of carbonyl (C=O) groups is 1. The maximum Gasteiger partial charge on any atom is 0.222 e. The minimum Gasteiger partial charge on any atom is -0.393 e. The highest BCUT2D eigenvalue weighted by atomic mass is 16.3. The molecule has 1 amide bonds. The van der Waals surface area contributed by atoms with Crippen LogP contribution in [0.1, 0.15) is 45.4 Å². The SMILES string of the molecule is CC1CN(C(=O)CCC2CCCCN2)CCC1O. The molecule has 2 fully saturated rings. The summed E-state index contributed by atoms with van der Waals surface area (Å²) in [6.07, 6.45) is 5.89. The number of hydrogen-bond donors (Lipinski definition) is 2. The molecule has 0 spiro atoms. The van der Waals surface area contributed by atoms with E-state index in [1.807, 2.05) is 11.8 Å². The van der Waals surface area contributed by atoms with Crippen LogP contribution in [0.2, 0.25) is 0 Å². The number of carbonyl (C=O) groups excluding carboxylic acids is 1. The lowest BCUT2D eigenvalue weighted by atomic mass is 9.95. The van der Waals surface area contributed by atoms with Crippen molar-refractivity contribution in [2.75, 3.05) is 19.6 Å². The van der Waals surface area contributed by atoms with Crippen LogP contribution < -0.4 is 5.32 Å². The monoisotopic (exact) mass is 254 g/mol. The van der Waals surface area contributed by atoms with Gasteiger partial charge in [0.15, 0.2) is 0 Å². The highest BCUT2D eigenvalue weighted by Gasteiger charge is 2.27. The maximum absolute atomic E-state index is 12.1. The maximum atomic E-state index is 12.1. The van der Waals surface area contributed by atoms with Gasteiger partial charge >= 0.3 is 0 Å². The zero-order valence-corrected chi connectivity index (χ0v) is 11.4. The first kappa shape index (κ1) is 13.8. The number of nitrogens with one attached hydrogen (secondary N) is 1. The Morgan fingerprint density at radius 1 is 1.39 bits per heavy atom. The molecule has 18 heavy (non-hydrogen) atoms. The number of nitrogens with zero attached hydrogens (tertiary/aromatic N) is 1. The lowest BCUT2D eigenvalue weighted by Gasteiger charge is -2.35. The smallest absolute Gasteiger partial charge is 0.222 e. The van der Waals surface area contributed by atoms with Crippen molar-refractivity contribution in [3.63, 3.8) is 0 Å². The summed E-state index contributed by atoms with van der Waals surface area (Å²) < 4.78 is 0. The first-order valence-corrected chi connectivity index (χ1v) is 7.36. The van der Waals surface area contributed by atoms with Gasteiger partial charge in [-0.2, -0.15) is 0 Å². The summed E-state index contributed by atoms with van der Waals surface area (Å²) in [5.41, 5.74) is 0. The van der Waals surface area contributed by atoms with Crippen LogP contribution >= 0.6 is 0 Å². The van der Waals surface area contributed by atoms with Gasteiger partial charge in [0.1, 0.15) is 0 Å². The van der Waals surface area contributed by atoms with Crippen molar-refractivity contribution >= 4 is 5.91 Å². The highest BCUT2D eigenvalue weighted by Crippen LogP contribution is 2.18. The van der Waals surface area contributed by atoms with E-state index in [4.69, 9.17) is 0 Å². The highest BCUT2D eigenvalue weighted by molar-refractivity contribution is 5.76. The Kier molecular flexibility index (Phi) is 5.01.